The van der Waals surface area contributed by atoms with Crippen LogP contribution < -0.4 is 5.73 Å². The van der Waals surface area contributed by atoms with Crippen LogP contribution in [-0.4, -0.2) is 29.5 Å². The average molecular weight is 257 g/mol. The topological polar surface area (TPSA) is 78.0 Å². The van der Waals surface area contributed by atoms with E-state index in [0.717, 1.165) is 25.1 Å². The third kappa shape index (κ3) is 2.69. The van der Waals surface area contributed by atoms with E-state index in [4.69, 9.17) is 5.73 Å². The van der Waals surface area contributed by atoms with E-state index in [0.29, 0.717) is 13.0 Å². The van der Waals surface area contributed by atoms with Crippen molar-refractivity contribution in [3.63, 3.8) is 0 Å². The van der Waals surface area contributed by atoms with Crippen LogP contribution in [0.3, 0.4) is 0 Å². The van der Waals surface area contributed by atoms with Crippen LogP contribution in [0.15, 0.2) is 12.4 Å². The van der Waals surface area contributed by atoms with E-state index in [-0.39, 0.29) is 11.3 Å². The van der Waals surface area contributed by atoms with Crippen molar-refractivity contribution in [2.75, 3.05) is 6.26 Å². The number of hydrogen-bond acceptors (Lipinski definition) is 4. The van der Waals surface area contributed by atoms with Crippen molar-refractivity contribution in [3.05, 3.63) is 18.2 Å². The zero-order chi connectivity index (χ0) is 12.5. The van der Waals surface area contributed by atoms with Crippen LogP contribution in [0.2, 0.25) is 0 Å². The maximum atomic E-state index is 11.6. The number of nitrogens with two attached hydrogens (primary N) is 1. The van der Waals surface area contributed by atoms with Crippen LogP contribution in [0.1, 0.15) is 37.5 Å². The first-order chi connectivity index (χ1) is 8.02. The Balaban J connectivity index is 2.18. The zero-order valence-electron chi connectivity index (χ0n) is 10.0. The summed E-state index contributed by atoms with van der Waals surface area (Å²) < 4.78 is 25.3. The number of nitrogens with zero attached hydrogens (tertiary/aromatic N) is 2. The summed E-state index contributed by atoms with van der Waals surface area (Å²) in [7, 11) is -2.93. The Bertz CT molecular complexity index is 481. The predicted octanol–water partition coefficient (Wildman–Crippen LogP) is 0.870. The zero-order valence-corrected chi connectivity index (χ0v) is 10.9. The van der Waals surface area contributed by atoms with E-state index in [2.05, 4.69) is 4.98 Å². The molecule has 1 aliphatic rings. The van der Waals surface area contributed by atoms with Crippen molar-refractivity contribution in [2.45, 2.75) is 43.5 Å². The SMILES string of the molecule is CS(=O)(=O)C1CCCC(n2ccnc2CN)C1. The second-order valence-corrected chi connectivity index (χ2v) is 7.05. The predicted molar refractivity (Wildman–Crippen MR) is 66.3 cm³/mol. The Kier molecular flexibility index (Phi) is 3.53. The highest BCUT2D eigenvalue weighted by molar-refractivity contribution is 7.91. The van der Waals surface area contributed by atoms with Gasteiger partial charge in [0.2, 0.25) is 0 Å². The van der Waals surface area contributed by atoms with Crippen LogP contribution in [0.25, 0.3) is 0 Å². The second-order valence-electron chi connectivity index (χ2n) is 4.73. The Morgan fingerprint density at radius 2 is 2.29 bits per heavy atom. The van der Waals surface area contributed by atoms with Crippen molar-refractivity contribution >= 4 is 9.84 Å². The molecule has 0 aliphatic heterocycles. The third-order valence-corrected chi connectivity index (χ3v) is 5.17. The van der Waals surface area contributed by atoms with Crippen LogP contribution in [0, 0.1) is 0 Å². The minimum absolute atomic E-state index is 0.214. The Labute approximate surface area is 102 Å². The molecule has 1 fully saturated rings. The van der Waals surface area contributed by atoms with E-state index in [1.807, 2.05) is 10.8 Å². The molecule has 1 heterocycles. The molecular weight excluding hydrogens is 238 g/mol. The summed E-state index contributed by atoms with van der Waals surface area (Å²) in [5.74, 6) is 0.837. The molecule has 0 spiro atoms. The Morgan fingerprint density at radius 3 is 2.94 bits per heavy atom. The van der Waals surface area contributed by atoms with Crippen LogP contribution in [-0.2, 0) is 16.4 Å². The monoisotopic (exact) mass is 257 g/mol. The van der Waals surface area contributed by atoms with Gasteiger partial charge in [0.15, 0.2) is 0 Å². The molecule has 0 bridgehead atoms. The first-order valence-electron chi connectivity index (χ1n) is 5.93. The van der Waals surface area contributed by atoms with Crippen molar-refractivity contribution < 1.29 is 8.42 Å². The van der Waals surface area contributed by atoms with Crippen molar-refractivity contribution in [2.24, 2.45) is 5.73 Å². The van der Waals surface area contributed by atoms with Gasteiger partial charge in [0, 0.05) is 24.7 Å². The molecule has 0 radical (unpaired) electrons. The molecule has 2 rings (SSSR count). The normalized spacial score (nSPS) is 26.0. The van der Waals surface area contributed by atoms with Gasteiger partial charge in [-0.3, -0.25) is 0 Å². The fourth-order valence-corrected chi connectivity index (χ4v) is 3.76. The molecule has 96 valence electrons. The summed E-state index contributed by atoms with van der Waals surface area (Å²) in [6.07, 6.45) is 8.38. The van der Waals surface area contributed by atoms with Crippen molar-refractivity contribution in [1.82, 2.24) is 9.55 Å². The molecule has 1 aromatic rings. The first kappa shape index (κ1) is 12.6. The van der Waals surface area contributed by atoms with Gasteiger partial charge in [-0.05, 0) is 19.3 Å². The van der Waals surface area contributed by atoms with E-state index >= 15 is 0 Å². The number of sulfone groups is 1. The second kappa shape index (κ2) is 4.78. The highest BCUT2D eigenvalue weighted by Gasteiger charge is 2.30. The summed E-state index contributed by atoms with van der Waals surface area (Å²) in [4.78, 5) is 4.19. The van der Waals surface area contributed by atoms with Gasteiger partial charge in [-0.15, -0.1) is 0 Å². The molecule has 0 aromatic carbocycles. The Hall–Kier alpha value is -0.880. The maximum Gasteiger partial charge on any atom is 0.150 e. The van der Waals surface area contributed by atoms with Gasteiger partial charge < -0.3 is 10.3 Å². The summed E-state index contributed by atoms with van der Waals surface area (Å²) in [6, 6.07) is 0.226. The van der Waals surface area contributed by atoms with Gasteiger partial charge in [0.1, 0.15) is 15.7 Å². The molecule has 17 heavy (non-hydrogen) atoms. The standard InChI is InChI=1S/C11H19N3O2S/c1-17(15,16)10-4-2-3-9(7-10)14-6-5-13-11(14)8-12/h5-6,9-10H,2-4,7-8,12H2,1H3. The summed E-state index contributed by atoms with van der Waals surface area (Å²) in [6.45, 7) is 0.396. The molecule has 6 heteroatoms. The smallest absolute Gasteiger partial charge is 0.150 e. The number of aromatic nitrogens is 2. The summed E-state index contributed by atoms with van der Waals surface area (Å²) in [5, 5.41) is -0.214. The largest absolute Gasteiger partial charge is 0.331 e. The molecule has 0 amide bonds. The molecule has 0 saturated heterocycles. The van der Waals surface area contributed by atoms with Gasteiger partial charge >= 0.3 is 0 Å². The number of hydrogen-bond donors (Lipinski definition) is 1. The minimum Gasteiger partial charge on any atom is -0.331 e. The lowest BCUT2D eigenvalue weighted by molar-refractivity contribution is 0.345. The lowest BCUT2D eigenvalue weighted by Gasteiger charge is -2.29. The molecule has 2 N–H and O–H groups in total. The number of rotatable bonds is 3. The van der Waals surface area contributed by atoms with Gasteiger partial charge in [0.25, 0.3) is 0 Å². The maximum absolute atomic E-state index is 11.6. The van der Waals surface area contributed by atoms with Gasteiger partial charge in [-0.1, -0.05) is 6.42 Å². The van der Waals surface area contributed by atoms with Crippen LogP contribution in [0.4, 0.5) is 0 Å². The highest BCUT2D eigenvalue weighted by Crippen LogP contribution is 2.32. The van der Waals surface area contributed by atoms with E-state index in [9.17, 15) is 8.42 Å². The molecule has 1 saturated carbocycles. The molecule has 5 nitrogen and oxygen atoms in total. The fraction of sp³-hybridized carbons (Fsp3) is 0.727. The lowest BCUT2D eigenvalue weighted by Crippen LogP contribution is -2.29. The van der Waals surface area contributed by atoms with E-state index in [1.165, 1.54) is 6.26 Å². The summed E-state index contributed by atoms with van der Waals surface area (Å²) >= 11 is 0. The highest BCUT2D eigenvalue weighted by atomic mass is 32.2. The minimum atomic E-state index is -2.93. The van der Waals surface area contributed by atoms with Crippen molar-refractivity contribution in [3.8, 4) is 0 Å². The summed E-state index contributed by atoms with van der Waals surface area (Å²) in [5.41, 5.74) is 5.62. The molecule has 1 aliphatic carbocycles. The molecule has 2 atom stereocenters. The van der Waals surface area contributed by atoms with Gasteiger partial charge in [-0.25, -0.2) is 13.4 Å². The molecule has 1 aromatic heterocycles. The fourth-order valence-electron chi connectivity index (χ4n) is 2.60. The lowest BCUT2D eigenvalue weighted by atomic mass is 9.94. The molecule has 2 unspecified atom stereocenters. The van der Waals surface area contributed by atoms with E-state index < -0.39 is 9.84 Å². The first-order valence-corrected chi connectivity index (χ1v) is 7.88. The van der Waals surface area contributed by atoms with E-state index in [1.54, 1.807) is 6.20 Å². The van der Waals surface area contributed by atoms with Gasteiger partial charge in [-0.2, -0.15) is 0 Å². The third-order valence-electron chi connectivity index (χ3n) is 3.53. The average Bonchev–Trinajstić information content (AvgIpc) is 2.76. The van der Waals surface area contributed by atoms with Crippen LogP contribution >= 0.6 is 0 Å². The van der Waals surface area contributed by atoms with Crippen LogP contribution in [0.5, 0.6) is 0 Å². The molecular formula is C11H19N3O2S. The van der Waals surface area contributed by atoms with Crippen molar-refractivity contribution in [1.29, 1.82) is 0 Å². The quantitative estimate of drug-likeness (QED) is 0.871. The Morgan fingerprint density at radius 1 is 1.53 bits per heavy atom. The van der Waals surface area contributed by atoms with Gasteiger partial charge in [0.05, 0.1) is 11.8 Å². The number of imidazole rings is 1.